The van der Waals surface area contributed by atoms with E-state index in [1.54, 1.807) is 11.2 Å². The molecule has 1 atom stereocenters. The van der Waals surface area contributed by atoms with Gasteiger partial charge in [0, 0.05) is 26.1 Å². The number of piperidine rings is 1. The Morgan fingerprint density at radius 1 is 1.23 bits per heavy atom. The number of nitrogens with zero attached hydrogens (tertiary/aromatic N) is 5. The van der Waals surface area contributed by atoms with Gasteiger partial charge in [-0.25, -0.2) is 9.67 Å². The second-order valence-corrected chi connectivity index (χ2v) is 6.14. The zero-order chi connectivity index (χ0) is 15.4. The van der Waals surface area contributed by atoms with E-state index in [1.807, 2.05) is 9.58 Å². The van der Waals surface area contributed by atoms with E-state index in [0.29, 0.717) is 19.5 Å². The third-order valence-electron chi connectivity index (χ3n) is 4.56. The monoisotopic (exact) mass is 305 g/mol. The van der Waals surface area contributed by atoms with Crippen LogP contribution >= 0.6 is 0 Å². The molecule has 0 N–H and O–H groups in total. The summed E-state index contributed by atoms with van der Waals surface area (Å²) in [6.07, 6.45) is 8.80. The molecule has 0 aromatic carbocycles. The van der Waals surface area contributed by atoms with E-state index in [4.69, 9.17) is 0 Å². The maximum atomic E-state index is 12.5. The molecule has 22 heavy (non-hydrogen) atoms. The molecule has 2 aliphatic rings. The number of carbonyl (C=O) groups excluding carboxylic acids is 2. The number of likely N-dealkylation sites (tertiary alicyclic amines) is 2. The third-order valence-corrected chi connectivity index (χ3v) is 4.56. The first-order valence-electron chi connectivity index (χ1n) is 8.13. The van der Waals surface area contributed by atoms with E-state index >= 15 is 0 Å². The van der Waals surface area contributed by atoms with Gasteiger partial charge < -0.3 is 9.80 Å². The Kier molecular flexibility index (Phi) is 4.70. The van der Waals surface area contributed by atoms with E-state index in [9.17, 15) is 9.59 Å². The van der Waals surface area contributed by atoms with Gasteiger partial charge in [-0.05, 0) is 25.7 Å². The van der Waals surface area contributed by atoms with Crippen molar-refractivity contribution in [2.75, 3.05) is 26.2 Å². The lowest BCUT2D eigenvalue weighted by atomic mass is 10.1. The van der Waals surface area contributed by atoms with Crippen LogP contribution in [0.1, 0.15) is 44.6 Å². The summed E-state index contributed by atoms with van der Waals surface area (Å²) >= 11 is 0. The number of rotatable bonds is 3. The molecule has 0 aliphatic carbocycles. The van der Waals surface area contributed by atoms with Gasteiger partial charge in [-0.2, -0.15) is 5.10 Å². The van der Waals surface area contributed by atoms with Crippen molar-refractivity contribution in [3.05, 3.63) is 12.7 Å². The zero-order valence-corrected chi connectivity index (χ0v) is 12.9. The number of aromatic nitrogens is 3. The molecule has 2 fully saturated rings. The number of amides is 2. The summed E-state index contributed by atoms with van der Waals surface area (Å²) in [5.41, 5.74) is 0. The normalized spacial score (nSPS) is 23.5. The van der Waals surface area contributed by atoms with Gasteiger partial charge in [0.1, 0.15) is 12.7 Å². The van der Waals surface area contributed by atoms with Gasteiger partial charge >= 0.3 is 0 Å². The summed E-state index contributed by atoms with van der Waals surface area (Å²) in [6.45, 7) is 2.37. The molecule has 1 aromatic heterocycles. The number of hydrogen-bond acceptors (Lipinski definition) is 4. The highest BCUT2D eigenvalue weighted by Crippen LogP contribution is 2.20. The molecular weight excluding hydrogens is 282 g/mol. The predicted octanol–water partition coefficient (Wildman–Crippen LogP) is 0.844. The summed E-state index contributed by atoms with van der Waals surface area (Å²) in [4.78, 5) is 32.1. The minimum absolute atomic E-state index is 0.0556. The molecule has 0 spiro atoms. The fourth-order valence-electron chi connectivity index (χ4n) is 3.27. The maximum absolute atomic E-state index is 12.5. The summed E-state index contributed by atoms with van der Waals surface area (Å²) in [5.74, 6) is 0.177. The van der Waals surface area contributed by atoms with Gasteiger partial charge in [-0.15, -0.1) is 0 Å². The van der Waals surface area contributed by atoms with Crippen LogP contribution in [0.3, 0.4) is 0 Å². The highest BCUT2D eigenvalue weighted by molar-refractivity contribution is 5.85. The molecule has 0 saturated carbocycles. The lowest BCUT2D eigenvalue weighted by molar-refractivity contribution is -0.141. The van der Waals surface area contributed by atoms with Crippen LogP contribution in [-0.4, -0.2) is 62.6 Å². The van der Waals surface area contributed by atoms with Crippen molar-refractivity contribution in [3.63, 3.8) is 0 Å². The van der Waals surface area contributed by atoms with E-state index in [0.717, 1.165) is 38.6 Å². The standard InChI is InChI=1S/C15H23N5O2/c21-14-6-2-1-3-7-19(14)10-15(22)18-8-4-5-13(9-18)20-12-16-11-17-20/h11-13H,1-10H2/t13-/m0/s1. The predicted molar refractivity (Wildman–Crippen MR) is 79.9 cm³/mol. The van der Waals surface area contributed by atoms with Crippen LogP contribution in [0.4, 0.5) is 0 Å². The van der Waals surface area contributed by atoms with Crippen molar-refractivity contribution < 1.29 is 9.59 Å². The average Bonchev–Trinajstić information content (AvgIpc) is 3.00. The van der Waals surface area contributed by atoms with Crippen molar-refractivity contribution in [3.8, 4) is 0 Å². The van der Waals surface area contributed by atoms with Crippen LogP contribution < -0.4 is 0 Å². The van der Waals surface area contributed by atoms with Crippen molar-refractivity contribution >= 4 is 11.8 Å². The summed E-state index contributed by atoms with van der Waals surface area (Å²) in [7, 11) is 0. The minimum Gasteiger partial charge on any atom is -0.339 e. The maximum Gasteiger partial charge on any atom is 0.242 e. The number of hydrogen-bond donors (Lipinski definition) is 0. The Bertz CT molecular complexity index is 516. The fourth-order valence-corrected chi connectivity index (χ4v) is 3.27. The minimum atomic E-state index is 0.0556. The SMILES string of the molecule is O=C1CCCCCN1CC(=O)N1CCC[C@H](n2cncn2)C1. The molecule has 7 heteroatoms. The highest BCUT2D eigenvalue weighted by atomic mass is 16.2. The Labute approximate surface area is 130 Å². The van der Waals surface area contributed by atoms with Crippen LogP contribution in [-0.2, 0) is 9.59 Å². The fraction of sp³-hybridized carbons (Fsp3) is 0.733. The molecule has 3 rings (SSSR count). The third kappa shape index (κ3) is 3.45. The largest absolute Gasteiger partial charge is 0.339 e. The Morgan fingerprint density at radius 3 is 2.95 bits per heavy atom. The van der Waals surface area contributed by atoms with Crippen LogP contribution in [0.2, 0.25) is 0 Å². The van der Waals surface area contributed by atoms with Gasteiger partial charge in [-0.1, -0.05) is 6.42 Å². The Morgan fingerprint density at radius 2 is 2.14 bits per heavy atom. The molecule has 3 heterocycles. The van der Waals surface area contributed by atoms with Crippen LogP contribution in [0.5, 0.6) is 0 Å². The highest BCUT2D eigenvalue weighted by Gasteiger charge is 2.27. The summed E-state index contributed by atoms with van der Waals surface area (Å²) in [6, 6.07) is 0.194. The first-order chi connectivity index (χ1) is 10.7. The topological polar surface area (TPSA) is 71.3 Å². The van der Waals surface area contributed by atoms with Gasteiger partial charge in [0.2, 0.25) is 11.8 Å². The zero-order valence-electron chi connectivity index (χ0n) is 12.9. The molecule has 0 unspecified atom stereocenters. The molecule has 0 radical (unpaired) electrons. The van der Waals surface area contributed by atoms with Crippen molar-refractivity contribution in [2.24, 2.45) is 0 Å². The Balaban J connectivity index is 1.58. The first-order valence-corrected chi connectivity index (χ1v) is 8.13. The quantitative estimate of drug-likeness (QED) is 0.830. The molecule has 7 nitrogen and oxygen atoms in total. The lowest BCUT2D eigenvalue weighted by Crippen LogP contribution is -2.46. The van der Waals surface area contributed by atoms with E-state index < -0.39 is 0 Å². The molecule has 120 valence electrons. The lowest BCUT2D eigenvalue weighted by Gasteiger charge is -2.34. The van der Waals surface area contributed by atoms with Crippen molar-refractivity contribution in [1.29, 1.82) is 0 Å². The molecule has 2 amide bonds. The van der Waals surface area contributed by atoms with E-state index in [-0.39, 0.29) is 24.4 Å². The van der Waals surface area contributed by atoms with E-state index in [2.05, 4.69) is 10.1 Å². The van der Waals surface area contributed by atoms with Crippen LogP contribution in [0, 0.1) is 0 Å². The van der Waals surface area contributed by atoms with Gasteiger partial charge in [0.05, 0.1) is 12.6 Å². The molecule has 1 aromatic rings. The van der Waals surface area contributed by atoms with Crippen molar-refractivity contribution in [1.82, 2.24) is 24.6 Å². The summed E-state index contributed by atoms with van der Waals surface area (Å²) < 4.78 is 1.83. The molecule has 2 saturated heterocycles. The first kappa shape index (κ1) is 15.0. The second kappa shape index (κ2) is 6.89. The smallest absolute Gasteiger partial charge is 0.242 e. The molecule has 2 aliphatic heterocycles. The van der Waals surface area contributed by atoms with Gasteiger partial charge in [-0.3, -0.25) is 9.59 Å². The molecule has 0 bridgehead atoms. The molecular formula is C15H23N5O2. The van der Waals surface area contributed by atoms with Crippen LogP contribution in [0.25, 0.3) is 0 Å². The van der Waals surface area contributed by atoms with Gasteiger partial charge in [0.25, 0.3) is 0 Å². The second-order valence-electron chi connectivity index (χ2n) is 6.14. The van der Waals surface area contributed by atoms with Crippen molar-refractivity contribution in [2.45, 2.75) is 44.6 Å². The number of carbonyl (C=O) groups is 2. The summed E-state index contributed by atoms with van der Waals surface area (Å²) in [5, 5.41) is 4.18. The van der Waals surface area contributed by atoms with Gasteiger partial charge in [0.15, 0.2) is 0 Å². The van der Waals surface area contributed by atoms with E-state index in [1.165, 1.54) is 6.33 Å². The Hall–Kier alpha value is -1.92. The van der Waals surface area contributed by atoms with Crippen LogP contribution in [0.15, 0.2) is 12.7 Å². The average molecular weight is 305 g/mol.